The van der Waals surface area contributed by atoms with Crippen LogP contribution in [0, 0.1) is 6.92 Å². The lowest BCUT2D eigenvalue weighted by atomic mass is 10.2. The number of sulfone groups is 1. The number of nitrogens with zero attached hydrogens (tertiary/aromatic N) is 3. The molecule has 9 nitrogen and oxygen atoms in total. The molecule has 0 spiro atoms. The monoisotopic (exact) mass is 506 g/mol. The third-order valence-electron chi connectivity index (χ3n) is 6.10. The Morgan fingerprint density at radius 2 is 1.86 bits per heavy atom. The maximum absolute atomic E-state index is 11.5. The van der Waals surface area contributed by atoms with Gasteiger partial charge >= 0.3 is 0 Å². The van der Waals surface area contributed by atoms with Gasteiger partial charge in [0.05, 0.1) is 18.1 Å². The van der Waals surface area contributed by atoms with Gasteiger partial charge < -0.3 is 25.3 Å². The molecular formula is C26H30N6O3S. The molecule has 188 valence electrons. The summed E-state index contributed by atoms with van der Waals surface area (Å²) in [5.74, 6) is 2.43. The molecule has 1 aliphatic rings. The number of hydrogen-bond acceptors (Lipinski definition) is 8. The molecule has 0 unspecified atom stereocenters. The normalized spacial score (nSPS) is 15.6. The van der Waals surface area contributed by atoms with Crippen LogP contribution in [0.4, 0.5) is 23.1 Å². The van der Waals surface area contributed by atoms with E-state index in [0.717, 1.165) is 46.7 Å². The van der Waals surface area contributed by atoms with Gasteiger partial charge in [0.1, 0.15) is 11.6 Å². The van der Waals surface area contributed by atoms with Gasteiger partial charge in [-0.25, -0.2) is 13.4 Å². The molecule has 0 atom stereocenters. The molecule has 0 radical (unpaired) electrons. The Bertz CT molecular complexity index is 1440. The first-order valence-electron chi connectivity index (χ1n) is 12.0. The molecule has 36 heavy (non-hydrogen) atoms. The molecule has 0 aliphatic carbocycles. The standard InChI is InChI=1S/C26H30N6O3S/c1-19-16-20-17-22(6-7-24(20)28-19)29-25-8-9-27-26(31-25)30-21-4-2-5-23(18-21)35-13-3-10-32-11-14-36(33,34)15-12-32/h2,4-9,16-18,28H,3,10-15H2,1H3,(H2,27,29,30,31). The van der Waals surface area contributed by atoms with Crippen molar-refractivity contribution in [1.29, 1.82) is 0 Å². The van der Waals surface area contributed by atoms with Crippen LogP contribution in [0.1, 0.15) is 12.1 Å². The SMILES string of the molecule is Cc1cc2cc(Nc3ccnc(Nc4cccc(OCCCN5CCS(=O)(=O)CC5)c4)n3)ccc2[nH]1. The highest BCUT2D eigenvalue weighted by molar-refractivity contribution is 7.91. The first-order valence-corrected chi connectivity index (χ1v) is 13.9. The Kier molecular flexibility index (Phi) is 7.06. The summed E-state index contributed by atoms with van der Waals surface area (Å²) in [7, 11) is -2.84. The molecule has 0 amide bonds. The van der Waals surface area contributed by atoms with E-state index in [1.165, 1.54) is 0 Å². The minimum absolute atomic E-state index is 0.252. The highest BCUT2D eigenvalue weighted by atomic mass is 32.2. The van der Waals surface area contributed by atoms with E-state index in [-0.39, 0.29) is 11.5 Å². The molecular weight excluding hydrogens is 476 g/mol. The summed E-state index contributed by atoms with van der Waals surface area (Å²) in [6, 6.07) is 17.8. The van der Waals surface area contributed by atoms with Crippen molar-refractivity contribution in [3.05, 3.63) is 66.5 Å². The summed E-state index contributed by atoms with van der Waals surface area (Å²) in [5, 5.41) is 7.73. The van der Waals surface area contributed by atoms with Crippen molar-refractivity contribution in [3.8, 4) is 5.75 Å². The van der Waals surface area contributed by atoms with Crippen LogP contribution in [0.3, 0.4) is 0 Å². The fraction of sp³-hybridized carbons (Fsp3) is 0.308. The summed E-state index contributed by atoms with van der Waals surface area (Å²) in [6.07, 6.45) is 2.55. The zero-order valence-electron chi connectivity index (χ0n) is 20.2. The molecule has 3 heterocycles. The van der Waals surface area contributed by atoms with E-state index in [9.17, 15) is 8.42 Å². The Hall–Kier alpha value is -3.63. The first-order chi connectivity index (χ1) is 17.4. The molecule has 4 aromatic rings. The van der Waals surface area contributed by atoms with Crippen molar-refractivity contribution in [3.63, 3.8) is 0 Å². The van der Waals surface area contributed by atoms with Crippen molar-refractivity contribution < 1.29 is 13.2 Å². The molecule has 10 heteroatoms. The number of fused-ring (bicyclic) bond motifs is 1. The highest BCUT2D eigenvalue weighted by Gasteiger charge is 2.20. The number of ether oxygens (including phenoxy) is 1. The third kappa shape index (κ3) is 6.32. The Labute approximate surface area is 210 Å². The van der Waals surface area contributed by atoms with Crippen molar-refractivity contribution >= 4 is 43.9 Å². The van der Waals surface area contributed by atoms with Crippen LogP contribution in [0.15, 0.2) is 60.8 Å². The summed E-state index contributed by atoms with van der Waals surface area (Å²) >= 11 is 0. The lowest BCUT2D eigenvalue weighted by molar-refractivity contribution is 0.246. The van der Waals surface area contributed by atoms with Crippen LogP contribution < -0.4 is 15.4 Å². The van der Waals surface area contributed by atoms with Crippen LogP contribution in [0.5, 0.6) is 5.75 Å². The maximum Gasteiger partial charge on any atom is 0.229 e. The van der Waals surface area contributed by atoms with Gasteiger partial charge in [-0.15, -0.1) is 0 Å². The van der Waals surface area contributed by atoms with Gasteiger partial charge in [-0.2, -0.15) is 4.98 Å². The van der Waals surface area contributed by atoms with Crippen LogP contribution in [0.2, 0.25) is 0 Å². The number of hydrogen-bond donors (Lipinski definition) is 3. The number of anilines is 4. The molecule has 2 aromatic heterocycles. The fourth-order valence-electron chi connectivity index (χ4n) is 4.24. The second-order valence-electron chi connectivity index (χ2n) is 8.99. The van der Waals surface area contributed by atoms with Crippen LogP contribution in [-0.2, 0) is 9.84 Å². The van der Waals surface area contributed by atoms with Gasteiger partial charge in [0.2, 0.25) is 5.95 Å². The van der Waals surface area contributed by atoms with E-state index in [0.29, 0.717) is 31.5 Å². The molecule has 0 saturated carbocycles. The largest absolute Gasteiger partial charge is 0.493 e. The van der Waals surface area contributed by atoms with E-state index in [1.807, 2.05) is 49.4 Å². The second kappa shape index (κ2) is 10.5. The Morgan fingerprint density at radius 3 is 2.72 bits per heavy atom. The van der Waals surface area contributed by atoms with E-state index in [4.69, 9.17) is 4.74 Å². The van der Waals surface area contributed by atoms with E-state index in [1.54, 1.807) is 6.20 Å². The molecule has 1 fully saturated rings. The van der Waals surface area contributed by atoms with Crippen LogP contribution in [0.25, 0.3) is 10.9 Å². The zero-order chi connectivity index (χ0) is 25.0. The van der Waals surface area contributed by atoms with Crippen LogP contribution in [-0.4, -0.2) is 66.0 Å². The minimum Gasteiger partial charge on any atom is -0.493 e. The molecule has 5 rings (SSSR count). The van der Waals surface area contributed by atoms with Crippen molar-refractivity contribution in [1.82, 2.24) is 19.9 Å². The van der Waals surface area contributed by atoms with Gasteiger partial charge in [0, 0.05) is 59.9 Å². The first kappa shape index (κ1) is 24.1. The van der Waals surface area contributed by atoms with E-state index < -0.39 is 9.84 Å². The summed E-state index contributed by atoms with van der Waals surface area (Å²) in [6.45, 7) is 4.65. The van der Waals surface area contributed by atoms with E-state index in [2.05, 4.69) is 42.6 Å². The van der Waals surface area contributed by atoms with Crippen molar-refractivity contribution in [2.75, 3.05) is 48.4 Å². The van der Waals surface area contributed by atoms with Gasteiger partial charge in [0.25, 0.3) is 0 Å². The Balaban J connectivity index is 1.14. The number of H-pyrrole nitrogens is 1. The maximum atomic E-state index is 11.5. The minimum atomic E-state index is -2.84. The average molecular weight is 507 g/mol. The lowest BCUT2D eigenvalue weighted by Gasteiger charge is -2.26. The molecule has 1 saturated heterocycles. The van der Waals surface area contributed by atoms with Gasteiger partial charge in [-0.05, 0) is 55.8 Å². The fourth-order valence-corrected chi connectivity index (χ4v) is 5.51. The highest BCUT2D eigenvalue weighted by Crippen LogP contribution is 2.24. The van der Waals surface area contributed by atoms with Gasteiger partial charge in [0.15, 0.2) is 9.84 Å². The summed E-state index contributed by atoms with van der Waals surface area (Å²) in [4.78, 5) is 14.4. The average Bonchev–Trinajstić information content (AvgIpc) is 3.22. The summed E-state index contributed by atoms with van der Waals surface area (Å²) in [5.41, 5.74) is 4.01. The van der Waals surface area contributed by atoms with E-state index >= 15 is 0 Å². The molecule has 1 aliphatic heterocycles. The topological polar surface area (TPSA) is 112 Å². The van der Waals surface area contributed by atoms with Crippen molar-refractivity contribution in [2.24, 2.45) is 0 Å². The molecule has 2 aromatic carbocycles. The molecule has 3 N–H and O–H groups in total. The number of aromatic amines is 1. The Morgan fingerprint density at radius 1 is 1.03 bits per heavy atom. The quantitative estimate of drug-likeness (QED) is 0.289. The predicted molar refractivity (Wildman–Crippen MR) is 143 cm³/mol. The number of aryl methyl sites for hydroxylation is 1. The lowest BCUT2D eigenvalue weighted by Crippen LogP contribution is -2.40. The summed E-state index contributed by atoms with van der Waals surface area (Å²) < 4.78 is 29.0. The van der Waals surface area contributed by atoms with Crippen molar-refractivity contribution in [2.45, 2.75) is 13.3 Å². The smallest absolute Gasteiger partial charge is 0.229 e. The second-order valence-corrected chi connectivity index (χ2v) is 11.3. The predicted octanol–water partition coefficient (Wildman–Crippen LogP) is 4.25. The number of nitrogens with one attached hydrogen (secondary N) is 3. The number of rotatable bonds is 9. The number of benzene rings is 2. The third-order valence-corrected chi connectivity index (χ3v) is 7.71. The van der Waals surface area contributed by atoms with Crippen LogP contribution >= 0.6 is 0 Å². The van der Waals surface area contributed by atoms with Gasteiger partial charge in [-0.1, -0.05) is 6.07 Å². The number of aromatic nitrogens is 3. The van der Waals surface area contributed by atoms with Gasteiger partial charge in [-0.3, -0.25) is 0 Å². The molecule has 0 bridgehead atoms. The zero-order valence-corrected chi connectivity index (χ0v) is 21.0.